The van der Waals surface area contributed by atoms with Crippen molar-refractivity contribution in [3.05, 3.63) is 35.9 Å². The van der Waals surface area contributed by atoms with Crippen molar-refractivity contribution < 1.29 is 76.9 Å². The number of alkyl halides is 2. The topological polar surface area (TPSA) is 162 Å². The molecule has 0 N–H and O–H groups in total. The van der Waals surface area contributed by atoms with E-state index in [9.17, 15) is 23.2 Å². The lowest BCUT2D eigenvalue weighted by Crippen LogP contribution is -2.40. The second kappa shape index (κ2) is 40.7. The van der Waals surface area contributed by atoms with Gasteiger partial charge in [-0.1, -0.05) is 66.0 Å². The number of methoxy groups -OCH3 is 1. The summed E-state index contributed by atoms with van der Waals surface area (Å²) in [6.07, 6.45) is 0. The van der Waals surface area contributed by atoms with Crippen LogP contribution in [-0.4, -0.2) is 157 Å². The van der Waals surface area contributed by atoms with Gasteiger partial charge in [-0.15, -0.1) is 0 Å². The minimum Gasteiger partial charge on any atom is -0.469 e. The van der Waals surface area contributed by atoms with Crippen molar-refractivity contribution in [3.8, 4) is 0 Å². The van der Waals surface area contributed by atoms with Gasteiger partial charge in [-0.05, 0) is 113 Å². The summed E-state index contributed by atoms with van der Waals surface area (Å²) in [6, 6.07) is 10.4. The molecule has 0 aliphatic heterocycles. The Labute approximate surface area is 432 Å². The molecule has 0 heterocycles. The molecule has 0 saturated heterocycles. The number of esters is 2. The van der Waals surface area contributed by atoms with E-state index in [1.807, 2.05) is 86.1 Å². The molecular weight excluding hydrogens is 995 g/mol. The maximum Gasteiger partial charge on any atom is 0.331 e. The zero-order valence-electron chi connectivity index (χ0n) is 47.3. The predicted octanol–water partition coefficient (Wildman–Crippen LogP) is 11.8. The summed E-state index contributed by atoms with van der Waals surface area (Å²) in [5.74, 6) is 0.0748. The van der Waals surface area contributed by atoms with Crippen LogP contribution in [0.2, 0.25) is 65.5 Å². The quantitative estimate of drug-likeness (QED) is 0.0671. The van der Waals surface area contributed by atoms with Gasteiger partial charge in [0.15, 0.2) is 0 Å². The van der Waals surface area contributed by atoms with Crippen LogP contribution in [0, 0.1) is 16.2 Å². The van der Waals surface area contributed by atoms with Crippen molar-refractivity contribution in [1.82, 2.24) is 0 Å². The first-order valence-corrected chi connectivity index (χ1v) is 36.7. The Kier molecular flexibility index (Phi) is 47.9. The number of benzene rings is 1. The molecule has 15 nitrogen and oxygen atoms in total. The minimum absolute atomic E-state index is 0. The number of hydrogen-bond donors (Lipinski definition) is 0. The van der Waals surface area contributed by atoms with Crippen LogP contribution in [0.5, 0.6) is 0 Å². The monoisotopic (exact) mass is 1100 g/mol. The fourth-order valence-corrected chi connectivity index (χ4v) is 7.60. The standard InChI is InChI=1S/C12H20O2Si.C10H22O4Si.C9H20O4Si.C9H20O3Si.C5H13FO2Si.CH3F.2CH4/c1-11(10-14-15(3,4)13-2)12-8-6-5-7-9-12;1-7-13-9(11)10(2,3)8-14-15(5,6)12-4;1-9(2,8(10)11-3)7-13-14(5,6)12-4;1-8(10)9(2,3)7-12-13(5,6)11-4;1-7-9(2,3)8-5-4-6;1-2;;/h5-9,11H,10H2,1-4H3;7-8H2,1-6H3;7H2,1-6H3;7H2,1-6H3;4-5H2,1-3H3;1H3;2*1H4. The molecule has 0 fully saturated rings. The molecule has 0 aliphatic rings. The average Bonchev–Trinajstić information content (AvgIpc) is 3.30. The summed E-state index contributed by atoms with van der Waals surface area (Å²) in [7, 11) is 0.171. The average molecular weight is 1100 g/mol. The highest BCUT2D eigenvalue weighted by atomic mass is 28.4. The molecule has 1 rings (SSSR count). The van der Waals surface area contributed by atoms with Crippen LogP contribution in [0.3, 0.4) is 0 Å². The lowest BCUT2D eigenvalue weighted by Gasteiger charge is -2.27. The summed E-state index contributed by atoms with van der Waals surface area (Å²) >= 11 is 0. The van der Waals surface area contributed by atoms with Crippen LogP contribution in [0.1, 0.15) is 88.6 Å². The summed E-state index contributed by atoms with van der Waals surface area (Å²) in [6.45, 7) is 38.0. The number of carbonyl (C=O) groups excluding carboxylic acids is 3. The van der Waals surface area contributed by atoms with Gasteiger partial charge >= 0.3 is 54.7 Å². The zero-order chi connectivity index (χ0) is 54.9. The van der Waals surface area contributed by atoms with Gasteiger partial charge in [-0.25, -0.2) is 4.39 Å². The molecule has 1 unspecified atom stereocenters. The molecule has 1 aromatic rings. The fraction of sp³-hybridized carbons (Fsp3) is 0.812. The molecule has 70 heavy (non-hydrogen) atoms. The summed E-state index contributed by atoms with van der Waals surface area (Å²) < 4.78 is 84.3. The first-order valence-electron chi connectivity index (χ1n) is 22.6. The van der Waals surface area contributed by atoms with Gasteiger partial charge < -0.3 is 53.7 Å². The van der Waals surface area contributed by atoms with Gasteiger partial charge in [0.05, 0.1) is 51.5 Å². The first kappa shape index (κ1) is 82.4. The Bertz CT molecular complexity index is 1450. The van der Waals surface area contributed by atoms with Gasteiger partial charge in [0.2, 0.25) is 0 Å². The zero-order valence-corrected chi connectivity index (χ0v) is 52.3. The highest BCUT2D eigenvalue weighted by molar-refractivity contribution is 6.65. The summed E-state index contributed by atoms with van der Waals surface area (Å²) in [5.41, 5.74) is -0.308. The molecule has 0 bridgehead atoms. The van der Waals surface area contributed by atoms with Crippen molar-refractivity contribution >= 4 is 60.5 Å². The summed E-state index contributed by atoms with van der Waals surface area (Å²) in [5, 5.41) is 0. The molecule has 1 atom stereocenters. The third-order valence-electron chi connectivity index (χ3n) is 9.90. The number of rotatable bonds is 25. The van der Waals surface area contributed by atoms with Crippen LogP contribution in [0.25, 0.3) is 0 Å². The smallest absolute Gasteiger partial charge is 0.331 e. The number of ketones is 1. The SMILES string of the molecule is C.C.CCOC(=O)C(C)(C)CO[Si](C)(C)OC.CF.COC(=O)C(C)(C)CO[Si](C)(C)OC.CO[Si](C)(C)OCC(C)(C)C(C)=O.CO[Si](C)(C)OCC(C)c1ccccc1.CO[Si](C)(C)OCCF. The van der Waals surface area contributed by atoms with Crippen molar-refractivity contribution in [1.29, 1.82) is 0 Å². The van der Waals surface area contributed by atoms with Gasteiger partial charge in [0.25, 0.3) is 0 Å². The molecule has 422 valence electrons. The van der Waals surface area contributed by atoms with Crippen molar-refractivity contribution in [2.45, 2.75) is 149 Å². The lowest BCUT2D eigenvalue weighted by atomic mass is 9.90. The Hall–Kier alpha value is -1.63. The fourth-order valence-electron chi connectivity index (χ4n) is 3.67. The third-order valence-corrected chi connectivity index (χ3v) is 19.1. The van der Waals surface area contributed by atoms with E-state index >= 15 is 0 Å². The summed E-state index contributed by atoms with van der Waals surface area (Å²) in [4.78, 5) is 34.0. The lowest BCUT2D eigenvalue weighted by molar-refractivity contribution is -0.155. The molecule has 0 aromatic heterocycles. The highest BCUT2D eigenvalue weighted by Gasteiger charge is 2.35. The molecule has 0 amide bonds. The molecule has 1 aromatic carbocycles. The maximum absolute atomic E-state index is 11.5. The molecule has 0 aliphatic carbocycles. The number of ether oxygens (including phenoxy) is 2. The van der Waals surface area contributed by atoms with E-state index in [2.05, 4.69) is 49.0 Å². The molecule has 22 heteroatoms. The number of hydrogen-bond acceptors (Lipinski definition) is 15. The van der Waals surface area contributed by atoms with Crippen LogP contribution in [-0.2, 0) is 68.1 Å². The predicted molar refractivity (Wildman–Crippen MR) is 294 cm³/mol. The minimum atomic E-state index is -2.06. The van der Waals surface area contributed by atoms with Gasteiger partial charge in [0.1, 0.15) is 12.5 Å². The van der Waals surface area contributed by atoms with Crippen LogP contribution in [0.15, 0.2) is 30.3 Å². The van der Waals surface area contributed by atoms with Crippen LogP contribution >= 0.6 is 0 Å². The van der Waals surface area contributed by atoms with Crippen LogP contribution < -0.4 is 0 Å². The normalized spacial score (nSPS) is 12.3. The molecule has 0 radical (unpaired) electrons. The van der Waals surface area contributed by atoms with E-state index in [0.717, 1.165) is 6.61 Å². The van der Waals surface area contributed by atoms with Gasteiger partial charge in [-0.3, -0.25) is 18.8 Å². The number of halogens is 2. The van der Waals surface area contributed by atoms with E-state index < -0.39 is 65.7 Å². The third kappa shape index (κ3) is 43.9. The van der Waals surface area contributed by atoms with Crippen molar-refractivity contribution in [2.75, 3.05) is 96.2 Å². The van der Waals surface area contributed by atoms with E-state index in [1.165, 1.54) is 12.7 Å². The Morgan fingerprint density at radius 1 is 0.543 bits per heavy atom. The number of carbonyl (C=O) groups is 3. The number of Topliss-reactive ketones (excluding diaryl/α,β-unsaturated/α-hetero) is 1. The molecular formula is C48H106F2O15Si5. The Balaban J connectivity index is -0.000000141. The van der Waals surface area contributed by atoms with Crippen molar-refractivity contribution in [3.63, 3.8) is 0 Å². The largest absolute Gasteiger partial charge is 0.469 e. The van der Waals surface area contributed by atoms with E-state index in [4.69, 9.17) is 49.0 Å². The van der Waals surface area contributed by atoms with E-state index in [-0.39, 0.29) is 39.2 Å². The Morgan fingerprint density at radius 2 is 0.857 bits per heavy atom. The first-order chi connectivity index (χ1) is 30.9. The van der Waals surface area contributed by atoms with Gasteiger partial charge in [-0.2, -0.15) is 0 Å². The van der Waals surface area contributed by atoms with E-state index in [0.29, 0.717) is 39.5 Å². The molecule has 0 spiro atoms. The second-order valence-corrected chi connectivity index (χ2v) is 36.9. The van der Waals surface area contributed by atoms with Crippen molar-refractivity contribution in [2.24, 2.45) is 16.2 Å². The van der Waals surface area contributed by atoms with E-state index in [1.54, 1.807) is 63.2 Å². The van der Waals surface area contributed by atoms with Crippen LogP contribution in [0.4, 0.5) is 8.78 Å². The van der Waals surface area contributed by atoms with Gasteiger partial charge in [0, 0.05) is 60.1 Å². The highest BCUT2D eigenvalue weighted by Crippen LogP contribution is 2.23. The Morgan fingerprint density at radius 3 is 1.16 bits per heavy atom. The molecule has 0 saturated carbocycles. The maximum atomic E-state index is 11.5. The second-order valence-electron chi connectivity index (χ2n) is 19.5.